The minimum Gasteiger partial charge on any atom is -0.337 e. The number of ketones is 1. The highest BCUT2D eigenvalue weighted by Crippen LogP contribution is 2.28. The van der Waals surface area contributed by atoms with Crippen LogP contribution in [0.4, 0.5) is 0 Å². The largest absolute Gasteiger partial charge is 0.337 e. The van der Waals surface area contributed by atoms with Crippen molar-refractivity contribution in [1.29, 1.82) is 0 Å². The lowest BCUT2D eigenvalue weighted by atomic mass is 9.88. The van der Waals surface area contributed by atoms with Crippen LogP contribution in [0.5, 0.6) is 0 Å². The Bertz CT molecular complexity index is 884. The lowest BCUT2D eigenvalue weighted by molar-refractivity contribution is 0.0774. The van der Waals surface area contributed by atoms with Crippen molar-refractivity contribution < 1.29 is 9.32 Å². The van der Waals surface area contributed by atoms with Crippen molar-refractivity contribution in [2.24, 2.45) is 5.92 Å². The Kier molecular flexibility index (Phi) is 5.12. The van der Waals surface area contributed by atoms with Gasteiger partial charge in [-0.2, -0.15) is 4.98 Å². The maximum atomic E-state index is 12.6. The third kappa shape index (κ3) is 3.83. The van der Waals surface area contributed by atoms with Gasteiger partial charge >= 0.3 is 0 Å². The molecular formula is C22H23N3O2. The molecule has 0 radical (unpaired) electrons. The second-order valence-corrected chi connectivity index (χ2v) is 7.04. The van der Waals surface area contributed by atoms with Gasteiger partial charge in [-0.1, -0.05) is 65.8 Å². The van der Waals surface area contributed by atoms with E-state index in [1.165, 1.54) is 0 Å². The van der Waals surface area contributed by atoms with E-state index >= 15 is 0 Å². The Morgan fingerprint density at radius 3 is 2.33 bits per heavy atom. The van der Waals surface area contributed by atoms with Gasteiger partial charge in [0.15, 0.2) is 5.78 Å². The smallest absolute Gasteiger partial charge is 0.244 e. The van der Waals surface area contributed by atoms with Gasteiger partial charge in [-0.25, -0.2) is 0 Å². The van der Waals surface area contributed by atoms with Gasteiger partial charge in [-0.3, -0.25) is 9.69 Å². The molecular weight excluding hydrogens is 338 g/mol. The maximum Gasteiger partial charge on any atom is 0.244 e. The topological polar surface area (TPSA) is 59.2 Å². The molecule has 0 N–H and O–H groups in total. The van der Waals surface area contributed by atoms with Crippen molar-refractivity contribution in [3.63, 3.8) is 0 Å². The normalized spacial score (nSPS) is 16.9. The highest BCUT2D eigenvalue weighted by atomic mass is 16.5. The average Bonchev–Trinajstić information content (AvgIpc) is 3.24. The van der Waals surface area contributed by atoms with Crippen LogP contribution in [-0.2, 0) is 0 Å². The first kappa shape index (κ1) is 17.6. The van der Waals surface area contributed by atoms with Gasteiger partial charge in [-0.05, 0) is 32.9 Å². The van der Waals surface area contributed by atoms with Gasteiger partial charge in [0.2, 0.25) is 11.7 Å². The number of piperidine rings is 1. The Balaban J connectivity index is 1.38. The van der Waals surface area contributed by atoms with Gasteiger partial charge in [-0.15, -0.1) is 0 Å². The van der Waals surface area contributed by atoms with Crippen LogP contribution in [0.15, 0.2) is 65.2 Å². The molecule has 2 aromatic carbocycles. The van der Waals surface area contributed by atoms with Crippen molar-refractivity contribution >= 4 is 5.78 Å². The summed E-state index contributed by atoms with van der Waals surface area (Å²) >= 11 is 0. The molecule has 5 nitrogen and oxygen atoms in total. The summed E-state index contributed by atoms with van der Waals surface area (Å²) in [5.74, 6) is 1.60. The van der Waals surface area contributed by atoms with Crippen molar-refractivity contribution in [3.05, 3.63) is 72.1 Å². The molecule has 0 amide bonds. The third-order valence-corrected chi connectivity index (χ3v) is 5.34. The second-order valence-electron chi connectivity index (χ2n) is 7.04. The average molecular weight is 361 g/mol. The van der Waals surface area contributed by atoms with E-state index in [2.05, 4.69) is 22.0 Å². The molecule has 1 saturated heterocycles. The van der Waals surface area contributed by atoms with E-state index in [0.717, 1.165) is 37.1 Å². The van der Waals surface area contributed by atoms with Crippen LogP contribution >= 0.6 is 0 Å². The quantitative estimate of drug-likeness (QED) is 0.631. The first-order chi connectivity index (χ1) is 13.2. The summed E-state index contributed by atoms with van der Waals surface area (Å²) < 4.78 is 5.51. The van der Waals surface area contributed by atoms with Gasteiger partial charge in [0.1, 0.15) is 0 Å². The van der Waals surface area contributed by atoms with Crippen LogP contribution in [0.25, 0.3) is 11.4 Å². The van der Waals surface area contributed by atoms with Gasteiger partial charge in [0.05, 0.1) is 6.04 Å². The van der Waals surface area contributed by atoms with E-state index < -0.39 is 0 Å². The maximum absolute atomic E-state index is 12.6. The molecule has 1 aliphatic rings. The molecule has 5 heteroatoms. The Morgan fingerprint density at radius 1 is 1.04 bits per heavy atom. The molecule has 0 spiro atoms. The van der Waals surface area contributed by atoms with Crippen LogP contribution in [-0.4, -0.2) is 33.9 Å². The summed E-state index contributed by atoms with van der Waals surface area (Å²) in [7, 11) is 0. The number of hydrogen-bond donors (Lipinski definition) is 0. The first-order valence-electron chi connectivity index (χ1n) is 9.44. The zero-order valence-corrected chi connectivity index (χ0v) is 15.4. The molecule has 0 aliphatic carbocycles. The Hall–Kier alpha value is -2.79. The fourth-order valence-corrected chi connectivity index (χ4v) is 3.65. The first-order valence-corrected chi connectivity index (χ1v) is 9.44. The predicted octanol–water partition coefficient (Wildman–Crippen LogP) is 4.39. The molecule has 3 aromatic rings. The highest BCUT2D eigenvalue weighted by molar-refractivity contribution is 5.97. The molecule has 0 bridgehead atoms. The lowest BCUT2D eigenvalue weighted by Gasteiger charge is -2.33. The molecule has 27 heavy (non-hydrogen) atoms. The number of rotatable bonds is 5. The van der Waals surface area contributed by atoms with Crippen LogP contribution in [0.1, 0.15) is 42.1 Å². The zero-order valence-electron chi connectivity index (χ0n) is 15.4. The number of hydrogen-bond acceptors (Lipinski definition) is 5. The predicted molar refractivity (Wildman–Crippen MR) is 103 cm³/mol. The van der Waals surface area contributed by atoms with Crippen LogP contribution in [0.3, 0.4) is 0 Å². The van der Waals surface area contributed by atoms with E-state index in [1.54, 1.807) is 0 Å². The molecule has 1 aliphatic heterocycles. The summed E-state index contributed by atoms with van der Waals surface area (Å²) in [5, 5.41) is 4.12. The minimum absolute atomic E-state index is 0.0442. The van der Waals surface area contributed by atoms with E-state index in [0.29, 0.717) is 11.7 Å². The fraction of sp³-hybridized carbons (Fsp3) is 0.318. The van der Waals surface area contributed by atoms with Crippen molar-refractivity contribution in [2.75, 3.05) is 13.1 Å². The van der Waals surface area contributed by atoms with Crippen LogP contribution in [0.2, 0.25) is 0 Å². The lowest BCUT2D eigenvalue weighted by Crippen LogP contribution is -2.38. The second kappa shape index (κ2) is 7.84. The third-order valence-electron chi connectivity index (χ3n) is 5.34. The molecule has 138 valence electrons. The summed E-state index contributed by atoms with van der Waals surface area (Å²) in [6.07, 6.45) is 1.72. The molecule has 2 heterocycles. The summed E-state index contributed by atoms with van der Waals surface area (Å²) in [6.45, 7) is 3.79. The van der Waals surface area contributed by atoms with Gasteiger partial charge in [0, 0.05) is 17.0 Å². The van der Waals surface area contributed by atoms with Gasteiger partial charge in [0.25, 0.3) is 0 Å². The summed E-state index contributed by atoms with van der Waals surface area (Å²) in [5.41, 5.74) is 1.76. The van der Waals surface area contributed by atoms with Gasteiger partial charge < -0.3 is 4.52 Å². The van der Waals surface area contributed by atoms with Crippen LogP contribution < -0.4 is 0 Å². The van der Waals surface area contributed by atoms with Crippen molar-refractivity contribution in [1.82, 2.24) is 15.0 Å². The number of benzene rings is 2. The monoisotopic (exact) mass is 361 g/mol. The molecule has 1 atom stereocenters. The number of nitrogens with zero attached hydrogens (tertiary/aromatic N) is 3. The summed E-state index contributed by atoms with van der Waals surface area (Å²) in [4.78, 5) is 19.5. The Morgan fingerprint density at radius 2 is 1.67 bits per heavy atom. The van der Waals surface area contributed by atoms with E-state index in [-0.39, 0.29) is 17.7 Å². The minimum atomic E-state index is 0.0442. The standard InChI is InChI=1S/C22H23N3O2/c1-16(22-23-21(24-27-22)19-10-6-3-7-11-19)25-14-12-18(13-15-25)20(26)17-8-4-2-5-9-17/h2-11,16,18H,12-15H2,1H3. The molecule has 1 aromatic heterocycles. The number of likely N-dealkylation sites (tertiary alicyclic amines) is 1. The summed E-state index contributed by atoms with van der Waals surface area (Å²) in [6, 6.07) is 19.5. The van der Waals surface area contributed by atoms with Crippen molar-refractivity contribution in [3.8, 4) is 11.4 Å². The number of Topliss-reactive ketones (excluding diaryl/α,β-unsaturated/α-hetero) is 1. The number of carbonyl (C=O) groups excluding carboxylic acids is 1. The highest BCUT2D eigenvalue weighted by Gasteiger charge is 2.30. The molecule has 1 fully saturated rings. The molecule has 0 saturated carbocycles. The molecule has 4 rings (SSSR count). The van der Waals surface area contributed by atoms with E-state index in [9.17, 15) is 4.79 Å². The fourth-order valence-electron chi connectivity index (χ4n) is 3.65. The number of carbonyl (C=O) groups is 1. The molecule has 1 unspecified atom stereocenters. The van der Waals surface area contributed by atoms with Crippen LogP contribution in [0, 0.1) is 5.92 Å². The van der Waals surface area contributed by atoms with E-state index in [1.807, 2.05) is 60.7 Å². The van der Waals surface area contributed by atoms with Crippen molar-refractivity contribution in [2.45, 2.75) is 25.8 Å². The number of aromatic nitrogens is 2. The van der Waals surface area contributed by atoms with E-state index in [4.69, 9.17) is 4.52 Å². The zero-order chi connectivity index (χ0) is 18.6. The Labute approximate surface area is 159 Å². The SMILES string of the molecule is CC(c1nc(-c2ccccc2)no1)N1CCC(C(=O)c2ccccc2)CC1.